The zero-order chi connectivity index (χ0) is 11.9. The summed E-state index contributed by atoms with van der Waals surface area (Å²) in [6.07, 6.45) is 0.184. The number of hydrogen-bond acceptors (Lipinski definition) is 3. The van der Waals surface area contributed by atoms with Gasteiger partial charge in [-0.2, -0.15) is 0 Å². The van der Waals surface area contributed by atoms with Crippen LogP contribution in [0.2, 0.25) is 5.02 Å². The number of benzene rings is 1. The van der Waals surface area contributed by atoms with Crippen molar-refractivity contribution in [2.45, 2.75) is 13.3 Å². The van der Waals surface area contributed by atoms with Gasteiger partial charge in [-0.25, -0.2) is 0 Å². The van der Waals surface area contributed by atoms with Gasteiger partial charge in [-0.15, -0.1) is 0 Å². The van der Waals surface area contributed by atoms with Crippen molar-refractivity contribution in [1.82, 2.24) is 0 Å². The topological polar surface area (TPSA) is 51.2 Å². The lowest BCUT2D eigenvalue weighted by Crippen LogP contribution is -2.24. The van der Waals surface area contributed by atoms with Gasteiger partial charge in [-0.3, -0.25) is 14.4 Å². The quantitative estimate of drug-likeness (QED) is 0.741. The molecule has 0 aromatic heterocycles. The first-order valence-corrected chi connectivity index (χ1v) is 5.34. The van der Waals surface area contributed by atoms with Gasteiger partial charge >= 0.3 is 0 Å². The molecule has 0 saturated heterocycles. The fourth-order valence-corrected chi connectivity index (χ4v) is 2.03. The van der Waals surface area contributed by atoms with E-state index in [0.29, 0.717) is 10.6 Å². The molecule has 2 rings (SSSR count). The van der Waals surface area contributed by atoms with Crippen molar-refractivity contribution in [1.29, 1.82) is 0 Å². The minimum atomic E-state index is -1.14. The molecule has 1 aliphatic rings. The first kappa shape index (κ1) is 11.0. The minimum absolute atomic E-state index is 0.184. The van der Waals surface area contributed by atoms with Crippen LogP contribution in [0.4, 0.5) is 0 Å². The lowest BCUT2D eigenvalue weighted by Gasteiger charge is -2.01. The van der Waals surface area contributed by atoms with Crippen molar-refractivity contribution in [2.75, 3.05) is 0 Å². The first-order valence-electron chi connectivity index (χ1n) is 4.97. The Balaban J connectivity index is 2.52. The molecule has 0 fully saturated rings. The molecule has 16 heavy (non-hydrogen) atoms. The fourth-order valence-electron chi connectivity index (χ4n) is 1.86. The van der Waals surface area contributed by atoms with Crippen LogP contribution in [0.25, 0.3) is 0 Å². The number of carbonyl (C=O) groups excluding carboxylic acids is 3. The Morgan fingerprint density at radius 1 is 1.25 bits per heavy atom. The van der Waals surface area contributed by atoms with Crippen molar-refractivity contribution in [3.05, 3.63) is 34.3 Å². The van der Waals surface area contributed by atoms with Crippen molar-refractivity contribution >= 4 is 29.0 Å². The van der Waals surface area contributed by atoms with Crippen LogP contribution in [0.1, 0.15) is 34.1 Å². The molecule has 0 radical (unpaired) electrons. The maximum absolute atomic E-state index is 11.9. The van der Waals surface area contributed by atoms with E-state index >= 15 is 0 Å². The first-order chi connectivity index (χ1) is 7.56. The second-order valence-corrected chi connectivity index (χ2v) is 4.11. The van der Waals surface area contributed by atoms with Gasteiger partial charge in [-0.05, 0) is 18.2 Å². The Morgan fingerprint density at radius 3 is 2.50 bits per heavy atom. The summed E-state index contributed by atoms with van der Waals surface area (Å²) in [6.45, 7) is 1.64. The Morgan fingerprint density at radius 2 is 1.88 bits per heavy atom. The maximum atomic E-state index is 11.9. The highest BCUT2D eigenvalue weighted by atomic mass is 35.5. The van der Waals surface area contributed by atoms with Crippen molar-refractivity contribution < 1.29 is 14.4 Å². The van der Waals surface area contributed by atoms with Gasteiger partial charge in [0, 0.05) is 22.6 Å². The van der Waals surface area contributed by atoms with Crippen molar-refractivity contribution in [2.24, 2.45) is 5.92 Å². The smallest absolute Gasteiger partial charge is 0.181 e. The van der Waals surface area contributed by atoms with Gasteiger partial charge in [0.15, 0.2) is 17.3 Å². The summed E-state index contributed by atoms with van der Waals surface area (Å²) < 4.78 is 0. The largest absolute Gasteiger partial charge is 0.298 e. The van der Waals surface area contributed by atoms with E-state index in [1.807, 2.05) is 0 Å². The van der Waals surface area contributed by atoms with Gasteiger partial charge in [0.2, 0.25) is 0 Å². The average Bonchev–Trinajstić information content (AvgIpc) is 2.51. The van der Waals surface area contributed by atoms with E-state index in [0.717, 1.165) is 0 Å². The molecule has 1 aromatic carbocycles. The Kier molecular flexibility index (Phi) is 2.64. The van der Waals surface area contributed by atoms with Gasteiger partial charge in [0.25, 0.3) is 0 Å². The summed E-state index contributed by atoms with van der Waals surface area (Å²) >= 11 is 5.75. The van der Waals surface area contributed by atoms with Crippen molar-refractivity contribution in [3.63, 3.8) is 0 Å². The second-order valence-electron chi connectivity index (χ2n) is 3.67. The summed E-state index contributed by atoms with van der Waals surface area (Å²) in [5, 5.41) is 0.393. The molecule has 0 aliphatic heterocycles. The summed E-state index contributed by atoms with van der Waals surface area (Å²) in [4.78, 5) is 35.2. The number of fused-ring (bicyclic) bond motifs is 1. The molecule has 1 unspecified atom stereocenters. The molecular formula is C12H9ClO3. The molecule has 82 valence electrons. The molecule has 0 N–H and O–H groups in total. The summed E-state index contributed by atoms with van der Waals surface area (Å²) in [6, 6.07) is 4.49. The molecule has 0 amide bonds. The molecule has 1 atom stereocenters. The molecule has 1 aromatic rings. The number of ketones is 3. The lowest BCUT2D eigenvalue weighted by molar-refractivity contribution is -0.119. The normalized spacial score (nSPS) is 18.8. The van der Waals surface area contributed by atoms with Gasteiger partial charge < -0.3 is 0 Å². The average molecular weight is 237 g/mol. The van der Waals surface area contributed by atoms with Gasteiger partial charge in [0.1, 0.15) is 5.92 Å². The number of hydrogen-bond donors (Lipinski definition) is 0. The number of halogens is 1. The van der Waals surface area contributed by atoms with Crippen LogP contribution in [0.3, 0.4) is 0 Å². The van der Waals surface area contributed by atoms with E-state index in [2.05, 4.69) is 0 Å². The van der Waals surface area contributed by atoms with Crippen LogP contribution in [0, 0.1) is 5.92 Å². The molecule has 0 saturated carbocycles. The minimum Gasteiger partial charge on any atom is -0.298 e. The van der Waals surface area contributed by atoms with E-state index in [-0.39, 0.29) is 17.8 Å². The summed E-state index contributed by atoms with van der Waals surface area (Å²) in [5.74, 6) is -2.29. The molecular weight excluding hydrogens is 228 g/mol. The highest BCUT2D eigenvalue weighted by Gasteiger charge is 2.42. The van der Waals surface area contributed by atoms with Crippen LogP contribution < -0.4 is 0 Å². The summed E-state index contributed by atoms with van der Waals surface area (Å²) in [7, 11) is 0. The van der Waals surface area contributed by atoms with E-state index in [1.165, 1.54) is 12.1 Å². The molecule has 0 bridgehead atoms. The van der Waals surface area contributed by atoms with Gasteiger partial charge in [-0.1, -0.05) is 18.5 Å². The van der Waals surface area contributed by atoms with Crippen LogP contribution in [-0.4, -0.2) is 17.3 Å². The fraction of sp³-hybridized carbons (Fsp3) is 0.250. The van der Waals surface area contributed by atoms with E-state index in [9.17, 15) is 14.4 Å². The monoisotopic (exact) mass is 236 g/mol. The maximum Gasteiger partial charge on any atom is 0.181 e. The third-order valence-corrected chi connectivity index (χ3v) is 2.94. The zero-order valence-corrected chi connectivity index (χ0v) is 9.38. The van der Waals surface area contributed by atoms with Crippen LogP contribution in [0.15, 0.2) is 18.2 Å². The number of rotatable bonds is 2. The zero-order valence-electron chi connectivity index (χ0n) is 8.62. The second kappa shape index (κ2) is 3.83. The molecule has 0 heterocycles. The molecule has 1 aliphatic carbocycles. The van der Waals surface area contributed by atoms with Crippen LogP contribution in [0.5, 0.6) is 0 Å². The SMILES string of the molecule is CCC(=O)C1C(=O)c2ccc(Cl)cc2C1=O. The van der Waals surface area contributed by atoms with Crippen molar-refractivity contribution in [3.8, 4) is 0 Å². The molecule has 3 nitrogen and oxygen atoms in total. The van der Waals surface area contributed by atoms with Gasteiger partial charge in [0.05, 0.1) is 0 Å². The molecule has 0 spiro atoms. The predicted octanol–water partition coefficient (Wildman–Crippen LogP) is 2.31. The van der Waals surface area contributed by atoms with E-state index in [4.69, 9.17) is 11.6 Å². The lowest BCUT2D eigenvalue weighted by atomic mass is 9.97. The Labute approximate surface area is 97.4 Å². The highest BCUT2D eigenvalue weighted by molar-refractivity contribution is 6.37. The third kappa shape index (κ3) is 1.48. The standard InChI is InChI=1S/C12H9ClO3/c1-2-9(14)10-11(15)7-4-3-6(13)5-8(7)12(10)16/h3-5,10H,2H2,1H3. The molecule has 4 heteroatoms. The third-order valence-electron chi connectivity index (χ3n) is 2.71. The highest BCUT2D eigenvalue weighted by Crippen LogP contribution is 2.30. The predicted molar refractivity (Wildman–Crippen MR) is 58.9 cm³/mol. The number of carbonyl (C=O) groups is 3. The Bertz CT molecular complexity index is 505. The van der Waals surface area contributed by atoms with E-state index < -0.39 is 17.5 Å². The Hall–Kier alpha value is -1.48. The van der Waals surface area contributed by atoms with Crippen LogP contribution >= 0.6 is 11.6 Å². The summed E-state index contributed by atoms with van der Waals surface area (Å²) in [5.41, 5.74) is 0.575. The van der Waals surface area contributed by atoms with E-state index in [1.54, 1.807) is 13.0 Å². The number of Topliss-reactive ketones (excluding diaryl/α,β-unsaturated/α-hetero) is 3. The van der Waals surface area contributed by atoms with Crippen LogP contribution in [-0.2, 0) is 4.79 Å².